The van der Waals surface area contributed by atoms with E-state index in [9.17, 15) is 22.8 Å². The molecule has 0 aliphatic carbocycles. The molecule has 1 amide bonds. The molecule has 0 aromatic carbocycles. The summed E-state index contributed by atoms with van der Waals surface area (Å²) in [6, 6.07) is 0. The molecule has 0 saturated carbocycles. The number of ether oxygens (including phenoxy) is 1. The fraction of sp³-hybridized carbons (Fsp3) is 0.400. The SMILES string of the molecule is COC(=O)C1CC(=O)Nc2nc(S(C)(=O)=O)[nH]c(=O)c21. The second kappa shape index (κ2) is 4.71. The van der Waals surface area contributed by atoms with Crippen molar-refractivity contribution in [2.24, 2.45) is 0 Å². The number of aromatic amines is 1. The van der Waals surface area contributed by atoms with Crippen LogP contribution in [0.1, 0.15) is 17.9 Å². The molecule has 0 bridgehead atoms. The number of hydrogen-bond donors (Lipinski definition) is 2. The van der Waals surface area contributed by atoms with Crippen LogP contribution in [0.3, 0.4) is 0 Å². The van der Waals surface area contributed by atoms with Gasteiger partial charge in [0, 0.05) is 12.7 Å². The Labute approximate surface area is 113 Å². The molecule has 0 spiro atoms. The number of methoxy groups -OCH3 is 1. The number of anilines is 1. The number of amides is 1. The maximum absolute atomic E-state index is 11.9. The number of nitrogens with zero attached hydrogens (tertiary/aromatic N) is 1. The number of rotatable bonds is 2. The van der Waals surface area contributed by atoms with Crippen molar-refractivity contribution in [3.8, 4) is 0 Å². The molecule has 1 aliphatic rings. The van der Waals surface area contributed by atoms with Gasteiger partial charge in [-0.2, -0.15) is 0 Å². The zero-order valence-corrected chi connectivity index (χ0v) is 11.4. The normalized spacial score (nSPS) is 18.1. The van der Waals surface area contributed by atoms with Crippen LogP contribution in [0.2, 0.25) is 0 Å². The van der Waals surface area contributed by atoms with Crippen LogP contribution >= 0.6 is 0 Å². The Morgan fingerprint density at radius 2 is 2.05 bits per heavy atom. The summed E-state index contributed by atoms with van der Waals surface area (Å²) in [5, 5.41) is 1.70. The molecule has 0 radical (unpaired) electrons. The topological polar surface area (TPSA) is 135 Å². The average Bonchev–Trinajstić information content (AvgIpc) is 2.35. The fourth-order valence-corrected chi connectivity index (χ4v) is 2.41. The highest BCUT2D eigenvalue weighted by Crippen LogP contribution is 2.29. The summed E-state index contributed by atoms with van der Waals surface area (Å²) in [6.45, 7) is 0. The number of carbonyl (C=O) groups is 2. The van der Waals surface area contributed by atoms with Crippen molar-refractivity contribution in [2.45, 2.75) is 17.5 Å². The minimum atomic E-state index is -3.75. The highest BCUT2D eigenvalue weighted by Gasteiger charge is 2.36. The minimum Gasteiger partial charge on any atom is -0.469 e. The van der Waals surface area contributed by atoms with Gasteiger partial charge in [0.2, 0.25) is 20.9 Å². The van der Waals surface area contributed by atoms with E-state index in [4.69, 9.17) is 0 Å². The second-order valence-corrected chi connectivity index (χ2v) is 6.16. The first-order chi connectivity index (χ1) is 9.24. The van der Waals surface area contributed by atoms with Gasteiger partial charge in [-0.3, -0.25) is 19.4 Å². The number of aromatic nitrogens is 2. The number of carbonyl (C=O) groups excluding carboxylic acids is 2. The largest absolute Gasteiger partial charge is 0.469 e. The van der Waals surface area contributed by atoms with E-state index in [1.54, 1.807) is 0 Å². The monoisotopic (exact) mass is 301 g/mol. The van der Waals surface area contributed by atoms with E-state index in [-0.39, 0.29) is 17.8 Å². The summed E-state index contributed by atoms with van der Waals surface area (Å²) in [7, 11) is -2.63. The molecule has 20 heavy (non-hydrogen) atoms. The first-order valence-electron chi connectivity index (χ1n) is 5.46. The summed E-state index contributed by atoms with van der Waals surface area (Å²) < 4.78 is 27.3. The number of nitrogens with one attached hydrogen (secondary N) is 2. The van der Waals surface area contributed by atoms with E-state index in [1.807, 2.05) is 0 Å². The Bertz CT molecular complexity index is 751. The molecule has 1 atom stereocenters. The van der Waals surface area contributed by atoms with Crippen LogP contribution in [-0.4, -0.2) is 43.6 Å². The molecule has 108 valence electrons. The average molecular weight is 301 g/mol. The molecule has 0 saturated heterocycles. The van der Waals surface area contributed by atoms with E-state index < -0.39 is 38.3 Å². The van der Waals surface area contributed by atoms with Crippen LogP contribution in [0.4, 0.5) is 5.82 Å². The molecule has 1 aliphatic heterocycles. The maximum Gasteiger partial charge on any atom is 0.314 e. The van der Waals surface area contributed by atoms with Crippen LogP contribution in [0, 0.1) is 0 Å². The minimum absolute atomic E-state index is 0.108. The van der Waals surface area contributed by atoms with Crippen molar-refractivity contribution in [1.29, 1.82) is 0 Å². The van der Waals surface area contributed by atoms with E-state index >= 15 is 0 Å². The molecule has 2 heterocycles. The number of hydrogen-bond acceptors (Lipinski definition) is 7. The summed E-state index contributed by atoms with van der Waals surface area (Å²) in [4.78, 5) is 40.8. The second-order valence-electron chi connectivity index (χ2n) is 4.23. The van der Waals surface area contributed by atoms with Crippen LogP contribution in [0.5, 0.6) is 0 Å². The van der Waals surface area contributed by atoms with Crippen molar-refractivity contribution in [3.63, 3.8) is 0 Å². The van der Waals surface area contributed by atoms with Gasteiger partial charge in [-0.25, -0.2) is 13.4 Å². The maximum atomic E-state index is 11.9. The molecular formula is C10H11N3O6S. The van der Waals surface area contributed by atoms with Gasteiger partial charge in [0.25, 0.3) is 5.56 Å². The van der Waals surface area contributed by atoms with E-state index in [0.717, 1.165) is 13.4 Å². The molecule has 1 unspecified atom stereocenters. The standard InChI is InChI=1S/C10H11N3O6S/c1-19-9(16)4-3-5(14)11-7-6(4)8(15)13-10(12-7)20(2,17)18/h4H,3H2,1-2H3,(H2,11,12,13,14,15). The van der Waals surface area contributed by atoms with Crippen LogP contribution in [0.15, 0.2) is 9.95 Å². The van der Waals surface area contributed by atoms with Gasteiger partial charge in [0.1, 0.15) is 5.82 Å². The number of esters is 1. The molecule has 9 nitrogen and oxygen atoms in total. The van der Waals surface area contributed by atoms with Crippen LogP contribution < -0.4 is 10.9 Å². The molecule has 1 aromatic heterocycles. The zero-order valence-electron chi connectivity index (χ0n) is 10.6. The lowest BCUT2D eigenvalue weighted by atomic mass is 9.94. The smallest absolute Gasteiger partial charge is 0.314 e. The molecule has 2 N–H and O–H groups in total. The van der Waals surface area contributed by atoms with Gasteiger partial charge in [0.05, 0.1) is 18.6 Å². The summed E-state index contributed by atoms with van der Waals surface area (Å²) in [5.41, 5.74) is -0.908. The Kier molecular flexibility index (Phi) is 3.34. The van der Waals surface area contributed by atoms with Crippen molar-refractivity contribution in [2.75, 3.05) is 18.7 Å². The van der Waals surface area contributed by atoms with E-state index in [0.29, 0.717) is 0 Å². The number of sulfone groups is 1. The Hall–Kier alpha value is -2.23. The van der Waals surface area contributed by atoms with Crippen molar-refractivity contribution in [3.05, 3.63) is 15.9 Å². The first-order valence-corrected chi connectivity index (χ1v) is 7.35. The predicted molar refractivity (Wildman–Crippen MR) is 66.0 cm³/mol. The quantitative estimate of drug-likeness (QED) is 0.515. The van der Waals surface area contributed by atoms with Gasteiger partial charge < -0.3 is 10.1 Å². The third-order valence-corrected chi connectivity index (χ3v) is 3.66. The highest BCUT2D eigenvalue weighted by molar-refractivity contribution is 7.90. The molecular weight excluding hydrogens is 290 g/mol. The van der Waals surface area contributed by atoms with Gasteiger partial charge >= 0.3 is 5.97 Å². The van der Waals surface area contributed by atoms with Crippen LogP contribution in [-0.2, 0) is 24.2 Å². The molecule has 2 rings (SSSR count). The first kappa shape index (κ1) is 14.2. The number of fused-ring (bicyclic) bond motifs is 1. The van der Waals surface area contributed by atoms with Gasteiger partial charge in [0.15, 0.2) is 0 Å². The lowest BCUT2D eigenvalue weighted by Gasteiger charge is -2.21. The summed E-state index contributed by atoms with van der Waals surface area (Å²) >= 11 is 0. The van der Waals surface area contributed by atoms with Crippen molar-refractivity contribution >= 4 is 27.5 Å². The third kappa shape index (κ3) is 2.41. The van der Waals surface area contributed by atoms with Gasteiger partial charge in [-0.1, -0.05) is 0 Å². The Balaban J connectivity index is 2.68. The Morgan fingerprint density at radius 3 is 2.60 bits per heavy atom. The number of H-pyrrole nitrogens is 1. The molecule has 0 fully saturated rings. The van der Waals surface area contributed by atoms with Gasteiger partial charge in [-0.15, -0.1) is 0 Å². The lowest BCUT2D eigenvalue weighted by molar-refractivity contribution is -0.144. The molecule has 10 heteroatoms. The highest BCUT2D eigenvalue weighted by atomic mass is 32.2. The summed E-state index contributed by atoms with van der Waals surface area (Å²) in [6.07, 6.45) is 0.600. The fourth-order valence-electron chi connectivity index (χ4n) is 1.87. The summed E-state index contributed by atoms with van der Waals surface area (Å²) in [5.74, 6) is -2.65. The molecule has 1 aromatic rings. The lowest BCUT2D eigenvalue weighted by Crippen LogP contribution is -2.35. The third-order valence-electron chi connectivity index (χ3n) is 2.77. The van der Waals surface area contributed by atoms with Crippen LogP contribution in [0.25, 0.3) is 0 Å². The van der Waals surface area contributed by atoms with Crippen molar-refractivity contribution < 1.29 is 22.7 Å². The predicted octanol–water partition coefficient (Wildman–Crippen LogP) is -1.23. The zero-order chi connectivity index (χ0) is 15.1. The Morgan fingerprint density at radius 1 is 1.40 bits per heavy atom. The van der Waals surface area contributed by atoms with E-state index in [2.05, 4.69) is 20.0 Å². The van der Waals surface area contributed by atoms with Crippen molar-refractivity contribution in [1.82, 2.24) is 9.97 Å². The van der Waals surface area contributed by atoms with Gasteiger partial charge in [-0.05, 0) is 0 Å². The van der Waals surface area contributed by atoms with E-state index in [1.165, 1.54) is 0 Å².